The van der Waals surface area contributed by atoms with E-state index in [1.165, 1.54) is 12.1 Å². The molecule has 0 bridgehead atoms. The fourth-order valence-corrected chi connectivity index (χ4v) is 2.40. The van der Waals surface area contributed by atoms with Crippen LogP contribution in [0.2, 0.25) is 0 Å². The van der Waals surface area contributed by atoms with Gasteiger partial charge in [0.15, 0.2) is 0 Å². The van der Waals surface area contributed by atoms with Gasteiger partial charge < -0.3 is 9.73 Å². The Kier molecular flexibility index (Phi) is 4.84. The molecule has 0 saturated carbocycles. The first kappa shape index (κ1) is 13.2. The van der Waals surface area contributed by atoms with E-state index in [4.69, 9.17) is 4.42 Å². The SMILES string of the molecule is CC(NCCSc1ccc(F)cc1)c1ccco1. The highest BCUT2D eigenvalue weighted by Gasteiger charge is 2.06. The highest BCUT2D eigenvalue weighted by Crippen LogP contribution is 2.18. The van der Waals surface area contributed by atoms with Crippen LogP contribution in [0.4, 0.5) is 4.39 Å². The molecule has 0 spiro atoms. The van der Waals surface area contributed by atoms with Crippen molar-refractivity contribution in [3.63, 3.8) is 0 Å². The first-order chi connectivity index (χ1) is 8.75. The molecular weight excluding hydrogens is 249 g/mol. The van der Waals surface area contributed by atoms with E-state index in [2.05, 4.69) is 12.2 Å². The molecule has 0 radical (unpaired) electrons. The van der Waals surface area contributed by atoms with Gasteiger partial charge in [-0.05, 0) is 43.3 Å². The molecule has 2 nitrogen and oxygen atoms in total. The Morgan fingerprint density at radius 3 is 2.72 bits per heavy atom. The van der Waals surface area contributed by atoms with Crippen LogP contribution in [-0.4, -0.2) is 12.3 Å². The molecule has 0 saturated heterocycles. The molecule has 96 valence electrons. The molecule has 4 heteroatoms. The fraction of sp³-hybridized carbons (Fsp3) is 0.286. The zero-order chi connectivity index (χ0) is 12.8. The van der Waals surface area contributed by atoms with Crippen molar-refractivity contribution in [2.75, 3.05) is 12.3 Å². The molecular formula is C14H16FNOS. The third-order valence-corrected chi connectivity index (χ3v) is 3.62. The van der Waals surface area contributed by atoms with Crippen LogP contribution in [-0.2, 0) is 0 Å². The molecule has 1 unspecified atom stereocenters. The first-order valence-corrected chi connectivity index (χ1v) is 6.89. The molecule has 0 aliphatic carbocycles. The Hall–Kier alpha value is -1.26. The van der Waals surface area contributed by atoms with Crippen LogP contribution in [0.5, 0.6) is 0 Å². The molecule has 1 aromatic heterocycles. The largest absolute Gasteiger partial charge is 0.468 e. The Labute approximate surface area is 111 Å². The first-order valence-electron chi connectivity index (χ1n) is 5.91. The molecule has 1 heterocycles. The van der Waals surface area contributed by atoms with Gasteiger partial charge in [-0.3, -0.25) is 0 Å². The van der Waals surface area contributed by atoms with Crippen LogP contribution in [0.1, 0.15) is 18.7 Å². The summed E-state index contributed by atoms with van der Waals surface area (Å²) in [6, 6.07) is 10.6. The minimum atomic E-state index is -0.191. The lowest BCUT2D eigenvalue weighted by Crippen LogP contribution is -2.20. The van der Waals surface area contributed by atoms with E-state index < -0.39 is 0 Å². The smallest absolute Gasteiger partial charge is 0.123 e. The van der Waals surface area contributed by atoms with Crippen molar-refractivity contribution in [2.24, 2.45) is 0 Å². The highest BCUT2D eigenvalue weighted by molar-refractivity contribution is 7.99. The maximum absolute atomic E-state index is 12.7. The van der Waals surface area contributed by atoms with Crippen LogP contribution in [0.3, 0.4) is 0 Å². The van der Waals surface area contributed by atoms with E-state index >= 15 is 0 Å². The molecule has 2 aromatic rings. The maximum atomic E-state index is 12.7. The van der Waals surface area contributed by atoms with Crippen molar-refractivity contribution >= 4 is 11.8 Å². The predicted octanol–water partition coefficient (Wildman–Crippen LogP) is 3.86. The fourth-order valence-electron chi connectivity index (χ4n) is 1.61. The molecule has 2 rings (SSSR count). The lowest BCUT2D eigenvalue weighted by atomic mass is 10.2. The van der Waals surface area contributed by atoms with Gasteiger partial charge in [0.2, 0.25) is 0 Å². The van der Waals surface area contributed by atoms with Gasteiger partial charge in [-0.25, -0.2) is 4.39 Å². The van der Waals surface area contributed by atoms with Crippen molar-refractivity contribution in [3.8, 4) is 0 Å². The number of halogens is 1. The third kappa shape index (κ3) is 3.89. The summed E-state index contributed by atoms with van der Waals surface area (Å²) in [5, 5.41) is 3.38. The summed E-state index contributed by atoms with van der Waals surface area (Å²) in [6.07, 6.45) is 1.68. The molecule has 0 aliphatic heterocycles. The minimum absolute atomic E-state index is 0.191. The standard InChI is InChI=1S/C14H16FNOS/c1-11(14-3-2-9-17-14)16-8-10-18-13-6-4-12(15)5-7-13/h2-7,9,11,16H,8,10H2,1H3. The number of hydrogen-bond acceptors (Lipinski definition) is 3. The summed E-state index contributed by atoms with van der Waals surface area (Å²) in [5.41, 5.74) is 0. The topological polar surface area (TPSA) is 25.2 Å². The average Bonchev–Trinajstić information content (AvgIpc) is 2.90. The van der Waals surface area contributed by atoms with Gasteiger partial charge >= 0.3 is 0 Å². The monoisotopic (exact) mass is 265 g/mol. The lowest BCUT2D eigenvalue weighted by Gasteiger charge is -2.10. The normalized spacial score (nSPS) is 12.6. The number of hydrogen-bond donors (Lipinski definition) is 1. The highest BCUT2D eigenvalue weighted by atomic mass is 32.2. The summed E-state index contributed by atoms with van der Waals surface area (Å²) in [7, 11) is 0. The van der Waals surface area contributed by atoms with E-state index in [1.54, 1.807) is 30.2 Å². The van der Waals surface area contributed by atoms with E-state index in [0.717, 1.165) is 23.0 Å². The third-order valence-electron chi connectivity index (χ3n) is 2.60. The van der Waals surface area contributed by atoms with Crippen LogP contribution < -0.4 is 5.32 Å². The van der Waals surface area contributed by atoms with Gasteiger partial charge in [0.05, 0.1) is 12.3 Å². The summed E-state index contributed by atoms with van der Waals surface area (Å²) in [5.74, 6) is 1.70. The van der Waals surface area contributed by atoms with Gasteiger partial charge in [0.1, 0.15) is 11.6 Å². The van der Waals surface area contributed by atoms with Crippen molar-refractivity contribution in [2.45, 2.75) is 17.9 Å². The van der Waals surface area contributed by atoms with Crippen molar-refractivity contribution in [1.29, 1.82) is 0 Å². The van der Waals surface area contributed by atoms with Crippen molar-refractivity contribution < 1.29 is 8.81 Å². The zero-order valence-corrected chi connectivity index (χ0v) is 11.0. The quantitative estimate of drug-likeness (QED) is 0.634. The van der Waals surface area contributed by atoms with Gasteiger partial charge in [-0.1, -0.05) is 0 Å². The molecule has 18 heavy (non-hydrogen) atoms. The molecule has 1 N–H and O–H groups in total. The second kappa shape index (κ2) is 6.61. The van der Waals surface area contributed by atoms with E-state index in [0.29, 0.717) is 0 Å². The van der Waals surface area contributed by atoms with Crippen LogP contribution >= 0.6 is 11.8 Å². The van der Waals surface area contributed by atoms with E-state index in [-0.39, 0.29) is 11.9 Å². The van der Waals surface area contributed by atoms with E-state index in [9.17, 15) is 4.39 Å². The number of rotatable bonds is 6. The second-order valence-corrected chi connectivity index (χ2v) is 5.16. The van der Waals surface area contributed by atoms with Crippen molar-refractivity contribution in [1.82, 2.24) is 5.32 Å². The summed E-state index contributed by atoms with van der Waals surface area (Å²) in [4.78, 5) is 1.09. The zero-order valence-electron chi connectivity index (χ0n) is 10.2. The van der Waals surface area contributed by atoms with Crippen molar-refractivity contribution in [3.05, 3.63) is 54.2 Å². The Balaban J connectivity index is 1.68. The number of nitrogens with one attached hydrogen (secondary N) is 1. The number of furan rings is 1. The lowest BCUT2D eigenvalue weighted by molar-refractivity contribution is 0.438. The molecule has 1 atom stereocenters. The van der Waals surface area contributed by atoms with E-state index in [1.807, 2.05) is 12.1 Å². The van der Waals surface area contributed by atoms with Crippen LogP contribution in [0.15, 0.2) is 52.0 Å². The summed E-state index contributed by atoms with van der Waals surface area (Å²) in [6.45, 7) is 2.95. The van der Waals surface area contributed by atoms with Crippen LogP contribution in [0, 0.1) is 5.82 Å². The number of thioether (sulfide) groups is 1. The second-order valence-electron chi connectivity index (χ2n) is 3.99. The van der Waals surface area contributed by atoms with Gasteiger partial charge in [0.25, 0.3) is 0 Å². The molecule has 0 fully saturated rings. The molecule has 0 amide bonds. The maximum Gasteiger partial charge on any atom is 0.123 e. The van der Waals surface area contributed by atoms with Gasteiger partial charge in [-0.2, -0.15) is 0 Å². The molecule has 0 aliphatic rings. The minimum Gasteiger partial charge on any atom is -0.468 e. The Morgan fingerprint density at radius 2 is 2.06 bits per heavy atom. The summed E-state index contributed by atoms with van der Waals surface area (Å²) >= 11 is 1.71. The van der Waals surface area contributed by atoms with Gasteiger partial charge in [-0.15, -0.1) is 11.8 Å². The average molecular weight is 265 g/mol. The Morgan fingerprint density at radius 1 is 1.28 bits per heavy atom. The Bertz CT molecular complexity index is 455. The molecule has 1 aromatic carbocycles. The predicted molar refractivity (Wildman–Crippen MR) is 72.2 cm³/mol. The summed E-state index contributed by atoms with van der Waals surface area (Å²) < 4.78 is 18.0. The number of benzene rings is 1. The van der Waals surface area contributed by atoms with Crippen LogP contribution in [0.25, 0.3) is 0 Å². The van der Waals surface area contributed by atoms with Gasteiger partial charge in [0, 0.05) is 17.2 Å².